The number of benzene rings is 1. The van der Waals surface area contributed by atoms with Crippen LogP contribution in [0.5, 0.6) is 0 Å². The number of amides is 1. The minimum absolute atomic E-state index is 0.276. The molecule has 1 aromatic carbocycles. The van der Waals surface area contributed by atoms with Crippen LogP contribution in [-0.4, -0.2) is 35.4 Å². The molecule has 0 aliphatic carbocycles. The van der Waals surface area contributed by atoms with E-state index < -0.39 is 5.91 Å². The first-order valence-electron chi connectivity index (χ1n) is 5.80. The van der Waals surface area contributed by atoms with E-state index in [0.717, 1.165) is 24.6 Å². The zero-order valence-electron chi connectivity index (χ0n) is 9.99. The highest BCUT2D eigenvalue weighted by Gasteiger charge is 2.14. The highest BCUT2D eigenvalue weighted by atomic mass is 32.2. The standard InChI is InChI=1S/C12H16FN3OS/c13-11-2-1-9(12(17)15-14)7-10(11)8-16-3-5-18-6-4-16/h1-2,7H,3-6,8,14H2,(H,15,17). The summed E-state index contributed by atoms with van der Waals surface area (Å²) in [4.78, 5) is 13.6. The maximum Gasteiger partial charge on any atom is 0.265 e. The molecule has 2 rings (SSSR count). The molecule has 1 aliphatic heterocycles. The smallest absolute Gasteiger partial charge is 0.265 e. The first kappa shape index (κ1) is 13.3. The Bertz CT molecular complexity index is 435. The van der Waals surface area contributed by atoms with E-state index >= 15 is 0 Å². The molecule has 0 spiro atoms. The first-order chi connectivity index (χ1) is 8.70. The van der Waals surface area contributed by atoms with Gasteiger partial charge >= 0.3 is 0 Å². The Hall–Kier alpha value is -1.11. The number of nitrogens with two attached hydrogens (primary N) is 1. The van der Waals surface area contributed by atoms with Gasteiger partial charge < -0.3 is 0 Å². The Morgan fingerprint density at radius 2 is 2.17 bits per heavy atom. The van der Waals surface area contributed by atoms with Gasteiger partial charge in [0, 0.05) is 42.3 Å². The topological polar surface area (TPSA) is 58.4 Å². The van der Waals surface area contributed by atoms with Gasteiger partial charge in [-0.15, -0.1) is 0 Å². The number of nitrogens with one attached hydrogen (secondary N) is 1. The van der Waals surface area contributed by atoms with Gasteiger partial charge in [-0.25, -0.2) is 10.2 Å². The fraction of sp³-hybridized carbons (Fsp3) is 0.417. The normalized spacial score (nSPS) is 16.6. The summed E-state index contributed by atoms with van der Waals surface area (Å²) in [6, 6.07) is 4.32. The SMILES string of the molecule is NNC(=O)c1ccc(F)c(CN2CCSCC2)c1. The van der Waals surface area contributed by atoms with Crippen LogP contribution in [0.4, 0.5) is 4.39 Å². The summed E-state index contributed by atoms with van der Waals surface area (Å²) in [5.74, 6) is 6.54. The van der Waals surface area contributed by atoms with Crippen LogP contribution < -0.4 is 11.3 Å². The van der Waals surface area contributed by atoms with Crippen molar-refractivity contribution in [3.63, 3.8) is 0 Å². The van der Waals surface area contributed by atoms with Crippen molar-refractivity contribution in [3.8, 4) is 0 Å². The highest BCUT2D eigenvalue weighted by Crippen LogP contribution is 2.16. The fourth-order valence-corrected chi connectivity index (χ4v) is 2.90. The van der Waals surface area contributed by atoms with Gasteiger partial charge in [-0.3, -0.25) is 15.1 Å². The van der Waals surface area contributed by atoms with Crippen molar-refractivity contribution in [3.05, 3.63) is 35.1 Å². The molecule has 1 fully saturated rings. The Morgan fingerprint density at radius 1 is 1.44 bits per heavy atom. The van der Waals surface area contributed by atoms with Crippen molar-refractivity contribution >= 4 is 17.7 Å². The molecule has 98 valence electrons. The zero-order valence-corrected chi connectivity index (χ0v) is 10.8. The number of hydrogen-bond acceptors (Lipinski definition) is 4. The number of hydrazine groups is 1. The quantitative estimate of drug-likeness (QED) is 0.488. The summed E-state index contributed by atoms with van der Waals surface area (Å²) >= 11 is 1.91. The van der Waals surface area contributed by atoms with Gasteiger partial charge in [0.25, 0.3) is 5.91 Å². The zero-order chi connectivity index (χ0) is 13.0. The molecule has 1 saturated heterocycles. The molecule has 18 heavy (non-hydrogen) atoms. The molecule has 1 aliphatic rings. The molecule has 0 saturated carbocycles. The second kappa shape index (κ2) is 6.17. The van der Waals surface area contributed by atoms with Gasteiger partial charge in [-0.2, -0.15) is 11.8 Å². The molecule has 0 aromatic heterocycles. The molecule has 3 N–H and O–H groups in total. The lowest BCUT2D eigenvalue weighted by atomic mass is 10.1. The van der Waals surface area contributed by atoms with Crippen LogP contribution in [0.3, 0.4) is 0 Å². The fourth-order valence-electron chi connectivity index (χ4n) is 1.92. The predicted octanol–water partition coefficient (Wildman–Crippen LogP) is 0.978. The van der Waals surface area contributed by atoms with Gasteiger partial charge in [-0.1, -0.05) is 0 Å². The van der Waals surface area contributed by atoms with E-state index in [-0.39, 0.29) is 5.82 Å². The van der Waals surface area contributed by atoms with Crippen LogP contribution in [0.15, 0.2) is 18.2 Å². The molecule has 0 atom stereocenters. The number of thioether (sulfide) groups is 1. The van der Waals surface area contributed by atoms with Gasteiger partial charge in [0.15, 0.2) is 0 Å². The van der Waals surface area contributed by atoms with Crippen LogP contribution in [-0.2, 0) is 6.54 Å². The number of rotatable bonds is 3. The largest absolute Gasteiger partial charge is 0.297 e. The number of nitrogen functional groups attached to an aromatic ring is 1. The molecule has 1 aromatic rings. The average molecular weight is 269 g/mol. The number of halogens is 1. The molecule has 1 heterocycles. The summed E-state index contributed by atoms with van der Waals surface area (Å²) in [7, 11) is 0. The lowest BCUT2D eigenvalue weighted by Gasteiger charge is -2.26. The first-order valence-corrected chi connectivity index (χ1v) is 6.95. The molecular weight excluding hydrogens is 253 g/mol. The lowest BCUT2D eigenvalue weighted by Crippen LogP contribution is -2.33. The van der Waals surface area contributed by atoms with E-state index in [1.807, 2.05) is 11.8 Å². The monoisotopic (exact) mass is 269 g/mol. The Balaban J connectivity index is 2.12. The average Bonchev–Trinajstić information content (AvgIpc) is 2.41. The van der Waals surface area contributed by atoms with E-state index in [0.29, 0.717) is 17.7 Å². The molecule has 1 amide bonds. The van der Waals surface area contributed by atoms with Crippen molar-refractivity contribution in [2.45, 2.75) is 6.54 Å². The van der Waals surface area contributed by atoms with Crippen molar-refractivity contribution in [1.29, 1.82) is 0 Å². The summed E-state index contributed by atoms with van der Waals surface area (Å²) < 4.78 is 13.7. The van der Waals surface area contributed by atoms with Crippen LogP contribution in [0, 0.1) is 5.82 Å². The summed E-state index contributed by atoms with van der Waals surface area (Å²) in [5.41, 5.74) is 2.99. The van der Waals surface area contributed by atoms with Crippen molar-refractivity contribution in [1.82, 2.24) is 10.3 Å². The minimum Gasteiger partial charge on any atom is -0.297 e. The highest BCUT2D eigenvalue weighted by molar-refractivity contribution is 7.99. The Morgan fingerprint density at radius 3 is 2.83 bits per heavy atom. The number of carbonyl (C=O) groups excluding carboxylic acids is 1. The van der Waals surface area contributed by atoms with E-state index in [9.17, 15) is 9.18 Å². The van der Waals surface area contributed by atoms with Crippen molar-refractivity contribution in [2.24, 2.45) is 5.84 Å². The minimum atomic E-state index is -0.398. The predicted molar refractivity (Wildman–Crippen MR) is 70.7 cm³/mol. The second-order valence-electron chi connectivity index (χ2n) is 4.17. The Labute approximate surface area is 110 Å². The van der Waals surface area contributed by atoms with Crippen LogP contribution in [0.2, 0.25) is 0 Å². The number of carbonyl (C=O) groups is 1. The third-order valence-electron chi connectivity index (χ3n) is 2.94. The molecule has 6 heteroatoms. The summed E-state index contributed by atoms with van der Waals surface area (Å²) in [6.07, 6.45) is 0. The third kappa shape index (κ3) is 3.22. The molecule has 4 nitrogen and oxygen atoms in total. The summed E-state index contributed by atoms with van der Waals surface area (Å²) in [6.45, 7) is 2.45. The van der Waals surface area contributed by atoms with Gasteiger partial charge in [0.05, 0.1) is 0 Å². The maximum atomic E-state index is 13.7. The molecule has 0 bridgehead atoms. The van der Waals surface area contributed by atoms with E-state index in [4.69, 9.17) is 5.84 Å². The van der Waals surface area contributed by atoms with E-state index in [2.05, 4.69) is 10.3 Å². The van der Waals surface area contributed by atoms with Gasteiger partial charge in [0.1, 0.15) is 5.82 Å². The molecular formula is C12H16FN3OS. The lowest BCUT2D eigenvalue weighted by molar-refractivity contribution is 0.0953. The molecule has 0 radical (unpaired) electrons. The summed E-state index contributed by atoms with van der Waals surface area (Å²) in [5, 5.41) is 0. The Kier molecular flexibility index (Phi) is 4.57. The van der Waals surface area contributed by atoms with E-state index in [1.165, 1.54) is 12.1 Å². The second-order valence-corrected chi connectivity index (χ2v) is 5.39. The maximum absolute atomic E-state index is 13.7. The van der Waals surface area contributed by atoms with Crippen LogP contribution in [0.25, 0.3) is 0 Å². The van der Waals surface area contributed by atoms with Gasteiger partial charge in [-0.05, 0) is 18.2 Å². The van der Waals surface area contributed by atoms with Crippen LogP contribution in [0.1, 0.15) is 15.9 Å². The molecule has 0 unspecified atom stereocenters. The number of hydrogen-bond donors (Lipinski definition) is 2. The van der Waals surface area contributed by atoms with Gasteiger partial charge in [0.2, 0.25) is 0 Å². The van der Waals surface area contributed by atoms with Crippen molar-refractivity contribution < 1.29 is 9.18 Å². The number of nitrogens with zero attached hydrogens (tertiary/aromatic N) is 1. The van der Waals surface area contributed by atoms with Crippen LogP contribution >= 0.6 is 11.8 Å². The third-order valence-corrected chi connectivity index (χ3v) is 3.88. The van der Waals surface area contributed by atoms with E-state index in [1.54, 1.807) is 6.07 Å². The van der Waals surface area contributed by atoms with Crippen molar-refractivity contribution in [2.75, 3.05) is 24.6 Å².